The third-order valence-corrected chi connectivity index (χ3v) is 3.34. The second kappa shape index (κ2) is 4.33. The fourth-order valence-electron chi connectivity index (χ4n) is 1.92. The van der Waals surface area contributed by atoms with Gasteiger partial charge in [0.05, 0.1) is 5.60 Å². The summed E-state index contributed by atoms with van der Waals surface area (Å²) >= 11 is 0. The minimum atomic E-state index is -0.492. The Kier molecular flexibility index (Phi) is 3.12. The summed E-state index contributed by atoms with van der Waals surface area (Å²) < 4.78 is 0. The van der Waals surface area contributed by atoms with Crippen LogP contribution in [0, 0.1) is 11.8 Å². The van der Waals surface area contributed by atoms with Crippen LogP contribution < -0.4 is 5.73 Å². The lowest BCUT2D eigenvalue weighted by molar-refractivity contribution is 0.156. The fraction of sp³-hybridized carbons (Fsp3) is 0.500. The molecule has 2 nitrogen and oxygen atoms in total. The van der Waals surface area contributed by atoms with Crippen LogP contribution in [0.1, 0.15) is 51.2 Å². The molecule has 1 aromatic carbocycles. The lowest BCUT2D eigenvalue weighted by atomic mass is 9.85. The van der Waals surface area contributed by atoms with E-state index in [4.69, 9.17) is 5.73 Å². The van der Waals surface area contributed by atoms with Gasteiger partial charge in [-0.05, 0) is 42.0 Å². The largest absolute Gasteiger partial charge is 0.398 e. The van der Waals surface area contributed by atoms with Gasteiger partial charge in [0, 0.05) is 17.7 Å². The molecule has 0 radical (unpaired) electrons. The summed E-state index contributed by atoms with van der Waals surface area (Å²) in [6, 6.07) is 5.91. The van der Waals surface area contributed by atoms with Gasteiger partial charge in [0.2, 0.25) is 0 Å². The Balaban J connectivity index is 2.19. The van der Waals surface area contributed by atoms with E-state index in [-0.39, 0.29) is 5.41 Å². The van der Waals surface area contributed by atoms with Crippen LogP contribution in [0.5, 0.6) is 0 Å². The Morgan fingerprint density at radius 2 is 2.00 bits per heavy atom. The normalized spacial score (nSPS) is 16.9. The molecule has 96 valence electrons. The second-order valence-corrected chi connectivity index (χ2v) is 6.25. The number of aliphatic hydroxyl groups is 1. The molecule has 1 saturated carbocycles. The Bertz CT molecular complexity index is 510. The highest BCUT2D eigenvalue weighted by Gasteiger charge is 2.39. The molecule has 0 saturated heterocycles. The van der Waals surface area contributed by atoms with Gasteiger partial charge in [-0.1, -0.05) is 32.6 Å². The van der Waals surface area contributed by atoms with Gasteiger partial charge in [0.25, 0.3) is 0 Å². The standard InChI is InChI=1S/C16H21NO/c1-15(2,3)13-11-12(6-7-14(13)17)5-4-8-16(18)9-10-16/h6-7,11,18H,8-10,17H2,1-3H3. The third-order valence-electron chi connectivity index (χ3n) is 3.34. The van der Waals surface area contributed by atoms with Gasteiger partial charge in [-0.2, -0.15) is 0 Å². The zero-order valence-electron chi connectivity index (χ0n) is 11.4. The molecule has 0 atom stereocenters. The summed E-state index contributed by atoms with van der Waals surface area (Å²) in [5.74, 6) is 6.18. The van der Waals surface area contributed by atoms with Crippen LogP contribution in [0.25, 0.3) is 0 Å². The predicted octanol–water partition coefficient (Wildman–Crippen LogP) is 2.83. The minimum Gasteiger partial charge on any atom is -0.398 e. The molecule has 0 spiro atoms. The molecule has 2 rings (SSSR count). The molecule has 0 bridgehead atoms. The van der Waals surface area contributed by atoms with E-state index in [1.807, 2.05) is 12.1 Å². The minimum absolute atomic E-state index is 0.0243. The topological polar surface area (TPSA) is 46.2 Å². The van der Waals surface area contributed by atoms with E-state index < -0.39 is 5.60 Å². The molecular weight excluding hydrogens is 222 g/mol. The summed E-state index contributed by atoms with van der Waals surface area (Å²) in [5, 5.41) is 9.71. The van der Waals surface area contributed by atoms with E-state index in [1.54, 1.807) is 0 Å². The SMILES string of the molecule is CC(C)(C)c1cc(C#CCC2(O)CC2)ccc1N. The van der Waals surface area contributed by atoms with Crippen molar-refractivity contribution >= 4 is 5.69 Å². The van der Waals surface area contributed by atoms with Crippen molar-refractivity contribution in [1.29, 1.82) is 0 Å². The van der Waals surface area contributed by atoms with Gasteiger partial charge in [0.1, 0.15) is 0 Å². The Morgan fingerprint density at radius 1 is 1.33 bits per heavy atom. The molecule has 1 aliphatic carbocycles. The zero-order chi connectivity index (χ0) is 13.4. The Labute approximate surface area is 109 Å². The van der Waals surface area contributed by atoms with Gasteiger partial charge in [-0.25, -0.2) is 0 Å². The summed E-state index contributed by atoms with van der Waals surface area (Å²) in [5.41, 5.74) is 8.44. The molecular formula is C16H21NO. The number of nitrogens with two attached hydrogens (primary N) is 1. The smallest absolute Gasteiger partial charge is 0.0758 e. The van der Waals surface area contributed by atoms with Gasteiger partial charge >= 0.3 is 0 Å². The molecule has 0 amide bonds. The Hall–Kier alpha value is -1.46. The first-order valence-corrected chi connectivity index (χ1v) is 6.41. The van der Waals surface area contributed by atoms with Crippen LogP contribution in [0.15, 0.2) is 18.2 Å². The van der Waals surface area contributed by atoms with E-state index >= 15 is 0 Å². The van der Waals surface area contributed by atoms with Crippen molar-refractivity contribution in [2.75, 3.05) is 5.73 Å². The molecule has 0 heterocycles. The van der Waals surface area contributed by atoms with Crippen LogP contribution in [0.3, 0.4) is 0 Å². The van der Waals surface area contributed by atoms with E-state index in [0.29, 0.717) is 6.42 Å². The van der Waals surface area contributed by atoms with Crippen molar-refractivity contribution in [2.24, 2.45) is 0 Å². The molecule has 1 fully saturated rings. The number of rotatable bonds is 1. The van der Waals surface area contributed by atoms with Crippen molar-refractivity contribution < 1.29 is 5.11 Å². The molecule has 0 aromatic heterocycles. The number of nitrogen functional groups attached to an aromatic ring is 1. The van der Waals surface area contributed by atoms with Crippen LogP contribution in [-0.2, 0) is 5.41 Å². The first kappa shape index (κ1) is 13.0. The first-order chi connectivity index (χ1) is 8.30. The predicted molar refractivity (Wildman–Crippen MR) is 75.2 cm³/mol. The fourth-order valence-corrected chi connectivity index (χ4v) is 1.92. The molecule has 0 aliphatic heterocycles. The molecule has 2 heteroatoms. The summed E-state index contributed by atoms with van der Waals surface area (Å²) in [7, 11) is 0. The van der Waals surface area contributed by atoms with Crippen molar-refractivity contribution in [3.63, 3.8) is 0 Å². The highest BCUT2D eigenvalue weighted by molar-refractivity contribution is 5.54. The molecule has 0 unspecified atom stereocenters. The van der Waals surface area contributed by atoms with Gasteiger partial charge in [-0.15, -0.1) is 0 Å². The summed E-state index contributed by atoms with van der Waals surface area (Å²) in [6.45, 7) is 6.43. The molecule has 1 aromatic rings. The van der Waals surface area contributed by atoms with Gasteiger partial charge in [-0.3, -0.25) is 0 Å². The molecule has 18 heavy (non-hydrogen) atoms. The van der Waals surface area contributed by atoms with E-state index in [2.05, 4.69) is 38.7 Å². The lowest BCUT2D eigenvalue weighted by Gasteiger charge is -2.21. The van der Waals surface area contributed by atoms with Crippen molar-refractivity contribution in [1.82, 2.24) is 0 Å². The van der Waals surface area contributed by atoms with Crippen molar-refractivity contribution in [3.05, 3.63) is 29.3 Å². The van der Waals surface area contributed by atoms with E-state index in [1.165, 1.54) is 0 Å². The lowest BCUT2D eigenvalue weighted by Crippen LogP contribution is -2.14. The van der Waals surface area contributed by atoms with Crippen LogP contribution in [-0.4, -0.2) is 10.7 Å². The van der Waals surface area contributed by atoms with Crippen LogP contribution in [0.2, 0.25) is 0 Å². The number of hydrogen-bond acceptors (Lipinski definition) is 2. The number of anilines is 1. The number of hydrogen-bond donors (Lipinski definition) is 2. The maximum Gasteiger partial charge on any atom is 0.0758 e. The maximum atomic E-state index is 9.71. The monoisotopic (exact) mass is 243 g/mol. The third kappa shape index (κ3) is 3.05. The van der Waals surface area contributed by atoms with E-state index in [9.17, 15) is 5.11 Å². The maximum absolute atomic E-state index is 9.71. The highest BCUT2D eigenvalue weighted by atomic mass is 16.3. The first-order valence-electron chi connectivity index (χ1n) is 6.41. The summed E-state index contributed by atoms with van der Waals surface area (Å²) in [4.78, 5) is 0. The highest BCUT2D eigenvalue weighted by Crippen LogP contribution is 2.37. The quantitative estimate of drug-likeness (QED) is 0.588. The van der Waals surface area contributed by atoms with Gasteiger partial charge in [0.15, 0.2) is 0 Å². The second-order valence-electron chi connectivity index (χ2n) is 6.25. The molecule has 3 N–H and O–H groups in total. The summed E-state index contributed by atoms with van der Waals surface area (Å²) in [6.07, 6.45) is 2.34. The average molecular weight is 243 g/mol. The Morgan fingerprint density at radius 3 is 2.56 bits per heavy atom. The van der Waals surface area contributed by atoms with Crippen LogP contribution in [0.4, 0.5) is 5.69 Å². The van der Waals surface area contributed by atoms with Crippen molar-refractivity contribution in [2.45, 2.75) is 51.0 Å². The van der Waals surface area contributed by atoms with Crippen molar-refractivity contribution in [3.8, 4) is 11.8 Å². The number of benzene rings is 1. The zero-order valence-corrected chi connectivity index (χ0v) is 11.4. The average Bonchev–Trinajstić information content (AvgIpc) is 2.98. The van der Waals surface area contributed by atoms with E-state index in [0.717, 1.165) is 29.7 Å². The molecule has 1 aliphatic rings. The van der Waals surface area contributed by atoms with Gasteiger partial charge < -0.3 is 10.8 Å². The van der Waals surface area contributed by atoms with Crippen LogP contribution >= 0.6 is 0 Å².